The van der Waals surface area contributed by atoms with Gasteiger partial charge in [0.2, 0.25) is 11.8 Å². The molecule has 0 aliphatic carbocycles. The van der Waals surface area contributed by atoms with Gasteiger partial charge >= 0.3 is 0 Å². The SMILES string of the molecule is C[C@H]1[C@H]([Si](C)(C)O)[C@@H](CC(=O)N2CCC[C@H]2CO)O[C@]12C(=O)Nc1ccc(NC(=O)C3CCCNC3)cc12. The van der Waals surface area contributed by atoms with Crippen molar-refractivity contribution >= 4 is 37.4 Å². The van der Waals surface area contributed by atoms with E-state index in [1.54, 1.807) is 23.1 Å². The highest BCUT2D eigenvalue weighted by atomic mass is 28.4. The molecule has 11 heteroatoms. The molecule has 0 radical (unpaired) electrons. The van der Waals surface area contributed by atoms with Crippen LogP contribution in [0.5, 0.6) is 0 Å². The van der Waals surface area contributed by atoms with E-state index in [0.717, 1.165) is 32.2 Å². The van der Waals surface area contributed by atoms with Crippen LogP contribution in [0.4, 0.5) is 11.4 Å². The first kappa shape index (κ1) is 27.3. The standard InChI is InChI=1S/C27H40N4O6Si/c1-16-24(38(2,3)36)22(13-23(33)31-11-5-7-19(31)15-32)37-27(16)20-12-18(8-9-21(20)30-26(27)35)29-25(34)17-6-4-10-28-14-17/h8-9,12,16-17,19,22,24,28,32,36H,4-7,10-11,13-15H2,1-3H3,(H,29,34)(H,30,35)/t16-,17?,19-,22+,24-,27+/m0/s1. The topological polar surface area (TPSA) is 140 Å². The molecule has 0 bridgehead atoms. The second kappa shape index (κ2) is 10.3. The zero-order valence-corrected chi connectivity index (χ0v) is 23.5. The van der Waals surface area contributed by atoms with Crippen LogP contribution >= 0.6 is 0 Å². The normalized spacial score (nSPS) is 32.9. The number of aliphatic hydroxyl groups is 1. The smallest absolute Gasteiger partial charge is 0.261 e. The number of anilines is 2. The van der Waals surface area contributed by atoms with E-state index in [4.69, 9.17) is 4.74 Å². The summed E-state index contributed by atoms with van der Waals surface area (Å²) in [5.41, 5.74) is 0.0895. The number of nitrogens with zero attached hydrogens (tertiary/aromatic N) is 1. The molecule has 208 valence electrons. The number of carbonyl (C=O) groups is 3. The van der Waals surface area contributed by atoms with Crippen LogP contribution in [0.25, 0.3) is 0 Å². The Bertz CT molecular complexity index is 1100. The van der Waals surface area contributed by atoms with Crippen LogP contribution < -0.4 is 16.0 Å². The van der Waals surface area contributed by atoms with E-state index in [1.807, 2.05) is 20.0 Å². The molecule has 0 aromatic heterocycles. The van der Waals surface area contributed by atoms with Crippen LogP contribution in [0.3, 0.4) is 0 Å². The summed E-state index contributed by atoms with van der Waals surface area (Å²) in [7, 11) is -2.89. The number of piperidine rings is 1. The third kappa shape index (κ3) is 4.68. The molecule has 4 aliphatic rings. The summed E-state index contributed by atoms with van der Waals surface area (Å²) in [5.74, 6) is -0.999. The lowest BCUT2D eigenvalue weighted by atomic mass is 9.82. The molecule has 5 rings (SSSR count). The minimum atomic E-state index is -2.89. The lowest BCUT2D eigenvalue weighted by Gasteiger charge is -2.32. The van der Waals surface area contributed by atoms with Gasteiger partial charge in [-0.2, -0.15) is 0 Å². The Labute approximate surface area is 224 Å². The van der Waals surface area contributed by atoms with Crippen LogP contribution in [-0.2, 0) is 24.7 Å². The summed E-state index contributed by atoms with van der Waals surface area (Å²) < 4.78 is 6.61. The van der Waals surface area contributed by atoms with E-state index in [1.165, 1.54) is 0 Å². The highest BCUT2D eigenvalue weighted by molar-refractivity contribution is 6.71. The quantitative estimate of drug-likeness (QED) is 0.344. The largest absolute Gasteiger partial charge is 0.432 e. The minimum absolute atomic E-state index is 0.0396. The maximum absolute atomic E-state index is 13.6. The Hall–Kier alpha value is -2.31. The minimum Gasteiger partial charge on any atom is -0.432 e. The van der Waals surface area contributed by atoms with Gasteiger partial charge in [0.15, 0.2) is 13.9 Å². The maximum Gasteiger partial charge on any atom is 0.261 e. The van der Waals surface area contributed by atoms with E-state index in [2.05, 4.69) is 16.0 Å². The van der Waals surface area contributed by atoms with E-state index in [0.29, 0.717) is 30.0 Å². The second-order valence-corrected chi connectivity index (χ2v) is 15.9. The molecule has 4 aliphatic heterocycles. The van der Waals surface area contributed by atoms with Crippen LogP contribution in [0, 0.1) is 11.8 Å². The number of carbonyl (C=O) groups excluding carboxylic acids is 3. The molecule has 3 amide bonds. The van der Waals surface area contributed by atoms with E-state index in [-0.39, 0.29) is 48.3 Å². The third-order valence-corrected chi connectivity index (χ3v) is 11.5. The highest BCUT2D eigenvalue weighted by Crippen LogP contribution is 2.58. The molecule has 1 aromatic carbocycles. The first-order valence-corrected chi connectivity index (χ1v) is 16.9. The monoisotopic (exact) mass is 544 g/mol. The van der Waals surface area contributed by atoms with Crippen molar-refractivity contribution in [3.8, 4) is 0 Å². The molecule has 6 atom stereocenters. The summed E-state index contributed by atoms with van der Waals surface area (Å²) >= 11 is 0. The first-order chi connectivity index (χ1) is 18.1. The average molecular weight is 545 g/mol. The number of likely N-dealkylation sites (tertiary alicyclic amines) is 1. The van der Waals surface area contributed by atoms with Crippen LogP contribution in [-0.4, -0.2) is 79.2 Å². The summed E-state index contributed by atoms with van der Waals surface area (Å²) in [6, 6.07) is 5.15. The summed E-state index contributed by atoms with van der Waals surface area (Å²) in [4.78, 5) is 52.8. The zero-order chi connectivity index (χ0) is 27.2. The van der Waals surface area contributed by atoms with Gasteiger partial charge in [0.05, 0.1) is 31.1 Å². The Morgan fingerprint density at radius 3 is 2.74 bits per heavy atom. The van der Waals surface area contributed by atoms with Crippen molar-refractivity contribution in [2.45, 2.75) is 75.4 Å². The van der Waals surface area contributed by atoms with Gasteiger partial charge in [0.25, 0.3) is 5.91 Å². The van der Waals surface area contributed by atoms with Crippen molar-refractivity contribution in [2.75, 3.05) is 36.9 Å². The van der Waals surface area contributed by atoms with Crippen LogP contribution in [0.15, 0.2) is 18.2 Å². The molecule has 3 fully saturated rings. The van der Waals surface area contributed by atoms with E-state index >= 15 is 0 Å². The third-order valence-electron chi connectivity index (χ3n) is 8.96. The van der Waals surface area contributed by atoms with Gasteiger partial charge in [-0.1, -0.05) is 6.92 Å². The molecular weight excluding hydrogens is 504 g/mol. The van der Waals surface area contributed by atoms with Crippen molar-refractivity contribution in [1.29, 1.82) is 0 Å². The fourth-order valence-electron chi connectivity index (χ4n) is 7.14. The van der Waals surface area contributed by atoms with Crippen molar-refractivity contribution in [3.63, 3.8) is 0 Å². The number of hydrogen-bond acceptors (Lipinski definition) is 7. The van der Waals surface area contributed by atoms with Gasteiger partial charge in [-0.05, 0) is 63.5 Å². The van der Waals surface area contributed by atoms with Gasteiger partial charge in [-0.15, -0.1) is 0 Å². The Morgan fingerprint density at radius 1 is 1.26 bits per heavy atom. The molecule has 1 aromatic rings. The molecule has 38 heavy (non-hydrogen) atoms. The van der Waals surface area contributed by atoms with E-state index in [9.17, 15) is 24.3 Å². The number of ether oxygens (including phenoxy) is 1. The predicted molar refractivity (Wildman–Crippen MR) is 145 cm³/mol. The number of fused-ring (bicyclic) bond motifs is 2. The van der Waals surface area contributed by atoms with Crippen molar-refractivity contribution in [1.82, 2.24) is 10.2 Å². The average Bonchev–Trinajstić information content (AvgIpc) is 3.55. The predicted octanol–water partition coefficient (Wildman–Crippen LogP) is 1.75. The Morgan fingerprint density at radius 2 is 2.05 bits per heavy atom. The molecule has 5 N–H and O–H groups in total. The fraction of sp³-hybridized carbons (Fsp3) is 0.667. The van der Waals surface area contributed by atoms with Crippen molar-refractivity contribution < 1.29 is 29.0 Å². The van der Waals surface area contributed by atoms with Gasteiger partial charge in [0.1, 0.15) is 0 Å². The number of aliphatic hydroxyl groups excluding tert-OH is 1. The number of hydrogen-bond donors (Lipinski definition) is 5. The van der Waals surface area contributed by atoms with Gasteiger partial charge in [-0.3, -0.25) is 14.4 Å². The first-order valence-electron chi connectivity index (χ1n) is 13.8. The van der Waals surface area contributed by atoms with Gasteiger partial charge < -0.3 is 35.5 Å². The van der Waals surface area contributed by atoms with Crippen molar-refractivity contribution in [2.24, 2.45) is 11.8 Å². The summed E-state index contributed by atoms with van der Waals surface area (Å²) in [6.07, 6.45) is 2.78. The summed E-state index contributed by atoms with van der Waals surface area (Å²) in [6.45, 7) is 7.63. The van der Waals surface area contributed by atoms with Gasteiger partial charge in [-0.25, -0.2) is 0 Å². The number of rotatable bonds is 6. The van der Waals surface area contributed by atoms with Gasteiger partial charge in [0, 0.05) is 41.5 Å². The lowest BCUT2D eigenvalue weighted by Crippen LogP contribution is -2.44. The number of benzene rings is 1. The summed E-state index contributed by atoms with van der Waals surface area (Å²) in [5, 5.41) is 18.9. The molecule has 4 heterocycles. The fourth-order valence-corrected chi connectivity index (χ4v) is 9.69. The maximum atomic E-state index is 13.6. The lowest BCUT2D eigenvalue weighted by molar-refractivity contribution is -0.148. The van der Waals surface area contributed by atoms with Crippen LogP contribution in [0.1, 0.15) is 44.6 Å². The molecule has 10 nitrogen and oxygen atoms in total. The van der Waals surface area contributed by atoms with Crippen molar-refractivity contribution in [3.05, 3.63) is 23.8 Å². The number of amides is 3. The molecular formula is C27H40N4O6Si. The molecule has 3 saturated heterocycles. The Kier molecular flexibility index (Phi) is 7.42. The number of nitrogens with one attached hydrogen (secondary N) is 3. The molecule has 0 saturated carbocycles. The van der Waals surface area contributed by atoms with Crippen LogP contribution in [0.2, 0.25) is 18.6 Å². The Balaban J connectivity index is 1.44. The molecule has 1 spiro atoms. The highest BCUT2D eigenvalue weighted by Gasteiger charge is 2.65. The van der Waals surface area contributed by atoms with E-state index < -0.39 is 25.9 Å². The molecule has 1 unspecified atom stereocenters. The second-order valence-electron chi connectivity index (χ2n) is 11.9. The zero-order valence-electron chi connectivity index (χ0n) is 22.5.